The van der Waals surface area contributed by atoms with Gasteiger partial charge in [-0.05, 0) is 77.4 Å². The Hall–Kier alpha value is -7.10. The van der Waals surface area contributed by atoms with Crippen LogP contribution in [0.1, 0.15) is 94.2 Å². The van der Waals surface area contributed by atoms with Gasteiger partial charge in [0, 0.05) is 45.0 Å². The normalized spacial score (nSPS) is 19.2. The number of phenols is 6. The Morgan fingerprint density at radius 3 is 1.55 bits per heavy atom. The summed E-state index contributed by atoms with van der Waals surface area (Å²) in [6.45, 7) is 12.2. The van der Waals surface area contributed by atoms with E-state index in [1.165, 1.54) is 0 Å². The summed E-state index contributed by atoms with van der Waals surface area (Å²) >= 11 is 0. The van der Waals surface area contributed by atoms with Gasteiger partial charge in [-0.25, -0.2) is 0 Å². The summed E-state index contributed by atoms with van der Waals surface area (Å²) in [6, 6.07) is 14.8. The van der Waals surface area contributed by atoms with Crippen LogP contribution in [0.3, 0.4) is 0 Å². The quantitative estimate of drug-likeness (QED) is 0.0619. The summed E-state index contributed by atoms with van der Waals surface area (Å²) in [4.78, 5) is 24.0. The molecule has 4 heterocycles. The van der Waals surface area contributed by atoms with Gasteiger partial charge in [0.15, 0.2) is 58.6 Å². The SMILES string of the molecule is Cc1cc2c(C(C)C)c(O)c(O)c(C=O)c2c(O)c1-c1c(C)cc2c(C(C)C)c(O)c(O)c(C=O)c2c1O.c1cc2c(cc1O[C@H]1OC[C@H]3[C@@H]1CO[C@@H]3c1ccc3c(c1)OCO3)OCO2. The van der Waals surface area contributed by atoms with E-state index in [9.17, 15) is 40.2 Å². The van der Waals surface area contributed by atoms with Crippen LogP contribution in [0.4, 0.5) is 0 Å². The number of phenolic OH excluding ortho intramolecular Hbond substituents is 6. The Balaban J connectivity index is 0.000000172. The maximum Gasteiger partial charge on any atom is 0.231 e. The zero-order valence-electron chi connectivity index (χ0n) is 36.4. The molecule has 0 unspecified atom stereocenters. The average Bonchev–Trinajstić information content (AvgIpc) is 4.10. The van der Waals surface area contributed by atoms with E-state index in [0.717, 1.165) is 22.8 Å². The van der Waals surface area contributed by atoms with Crippen molar-refractivity contribution >= 4 is 34.1 Å². The van der Waals surface area contributed by atoms with Crippen LogP contribution in [0, 0.1) is 25.7 Å². The number of rotatable bonds is 8. The molecule has 0 aliphatic carbocycles. The molecule has 15 heteroatoms. The van der Waals surface area contributed by atoms with Crippen molar-refractivity contribution < 1.29 is 73.4 Å². The molecule has 6 aromatic rings. The van der Waals surface area contributed by atoms with Crippen molar-refractivity contribution in [3.63, 3.8) is 0 Å². The third-order valence-electron chi connectivity index (χ3n) is 12.8. The van der Waals surface area contributed by atoms with Crippen LogP contribution in [0.2, 0.25) is 0 Å². The molecule has 2 saturated heterocycles. The van der Waals surface area contributed by atoms with Crippen molar-refractivity contribution in [1.29, 1.82) is 0 Å². The summed E-state index contributed by atoms with van der Waals surface area (Å²) in [5, 5.41) is 66.4. The Bertz CT molecular complexity index is 2810. The average molecular weight is 889 g/mol. The van der Waals surface area contributed by atoms with Crippen molar-refractivity contribution in [1.82, 2.24) is 0 Å². The van der Waals surface area contributed by atoms with Gasteiger partial charge in [-0.15, -0.1) is 0 Å². The molecule has 10 rings (SSSR count). The van der Waals surface area contributed by atoms with E-state index in [0.29, 0.717) is 70.3 Å². The lowest BCUT2D eigenvalue weighted by atomic mass is 9.83. The van der Waals surface area contributed by atoms with Crippen molar-refractivity contribution in [2.45, 2.75) is 65.8 Å². The molecular formula is C50H48O15. The van der Waals surface area contributed by atoms with E-state index in [4.69, 9.17) is 33.2 Å². The Labute approximate surface area is 372 Å². The van der Waals surface area contributed by atoms with Gasteiger partial charge in [-0.3, -0.25) is 9.59 Å². The second-order valence-electron chi connectivity index (χ2n) is 17.3. The Kier molecular flexibility index (Phi) is 10.9. The lowest BCUT2D eigenvalue weighted by molar-refractivity contribution is -0.0788. The van der Waals surface area contributed by atoms with Crippen molar-refractivity contribution in [2.24, 2.45) is 11.8 Å². The first kappa shape index (κ1) is 43.2. The molecule has 0 spiro atoms. The van der Waals surface area contributed by atoms with Crippen LogP contribution >= 0.6 is 0 Å². The monoisotopic (exact) mass is 888 g/mol. The molecule has 4 aliphatic rings. The predicted octanol–water partition coefficient (Wildman–Crippen LogP) is 9.27. The fraction of sp³-hybridized carbons (Fsp3) is 0.320. The molecule has 0 radical (unpaired) electrons. The Morgan fingerprint density at radius 2 is 1.05 bits per heavy atom. The first-order valence-corrected chi connectivity index (χ1v) is 21.2. The first-order chi connectivity index (χ1) is 31.1. The molecular weight excluding hydrogens is 841 g/mol. The van der Waals surface area contributed by atoms with E-state index >= 15 is 0 Å². The van der Waals surface area contributed by atoms with E-state index in [2.05, 4.69) is 0 Å². The second kappa shape index (κ2) is 16.5. The maximum absolute atomic E-state index is 12.0. The van der Waals surface area contributed by atoms with E-state index in [1.807, 2.05) is 36.4 Å². The number of ether oxygens (including phenoxy) is 7. The van der Waals surface area contributed by atoms with Gasteiger partial charge < -0.3 is 63.8 Å². The van der Waals surface area contributed by atoms with Crippen molar-refractivity contribution in [2.75, 3.05) is 26.8 Å². The summed E-state index contributed by atoms with van der Waals surface area (Å²) < 4.78 is 39.8. The van der Waals surface area contributed by atoms with E-state index < -0.39 is 34.5 Å². The summed E-state index contributed by atoms with van der Waals surface area (Å²) in [5.74, 6) is 0.525. The number of hydrogen-bond acceptors (Lipinski definition) is 15. The minimum Gasteiger partial charge on any atom is -0.507 e. The topological polar surface area (TPSA) is 220 Å². The third kappa shape index (κ3) is 6.97. The van der Waals surface area contributed by atoms with Crippen LogP contribution in [0.15, 0.2) is 48.5 Å². The number of benzene rings is 6. The molecule has 65 heavy (non-hydrogen) atoms. The summed E-state index contributed by atoms with van der Waals surface area (Å²) in [7, 11) is 0. The van der Waals surface area contributed by atoms with Crippen LogP contribution in [-0.2, 0) is 9.47 Å². The molecule has 6 N–H and O–H groups in total. The predicted molar refractivity (Wildman–Crippen MR) is 236 cm³/mol. The first-order valence-electron chi connectivity index (χ1n) is 21.2. The van der Waals surface area contributed by atoms with Crippen LogP contribution < -0.4 is 23.7 Å². The number of carbonyl (C=O) groups excluding carboxylic acids is 2. The van der Waals surface area contributed by atoms with Gasteiger partial charge in [0.05, 0.1) is 36.4 Å². The van der Waals surface area contributed by atoms with Gasteiger partial charge in [-0.1, -0.05) is 45.9 Å². The number of carbonyl (C=O) groups is 2. The molecule has 4 atom stereocenters. The number of aldehydes is 2. The van der Waals surface area contributed by atoms with Crippen LogP contribution in [-0.4, -0.2) is 76.3 Å². The molecule has 0 bridgehead atoms. The smallest absolute Gasteiger partial charge is 0.231 e. The van der Waals surface area contributed by atoms with Crippen molar-refractivity contribution in [3.8, 4) is 74.4 Å². The van der Waals surface area contributed by atoms with Crippen LogP contribution in [0.25, 0.3) is 32.7 Å². The highest BCUT2D eigenvalue weighted by atomic mass is 16.7. The van der Waals surface area contributed by atoms with Gasteiger partial charge in [0.2, 0.25) is 19.9 Å². The highest BCUT2D eigenvalue weighted by molar-refractivity contribution is 6.14. The number of aryl methyl sites for hydroxylation is 2. The fourth-order valence-electron chi connectivity index (χ4n) is 9.75. The highest BCUT2D eigenvalue weighted by Crippen LogP contribution is 2.55. The van der Waals surface area contributed by atoms with Gasteiger partial charge >= 0.3 is 0 Å². The van der Waals surface area contributed by atoms with Gasteiger partial charge in [-0.2, -0.15) is 0 Å². The highest BCUT2D eigenvalue weighted by Gasteiger charge is 2.49. The molecule has 6 aromatic carbocycles. The number of aromatic hydroxyl groups is 6. The van der Waals surface area contributed by atoms with E-state index in [1.54, 1.807) is 53.7 Å². The molecule has 0 amide bonds. The van der Waals surface area contributed by atoms with Gasteiger partial charge in [0.25, 0.3) is 0 Å². The summed E-state index contributed by atoms with van der Waals surface area (Å²) in [6.07, 6.45) is 0.311. The zero-order chi connectivity index (χ0) is 46.2. The van der Waals surface area contributed by atoms with Crippen molar-refractivity contribution in [3.05, 3.63) is 87.5 Å². The number of fused-ring (bicyclic) bond motifs is 5. The maximum atomic E-state index is 12.0. The molecule has 0 saturated carbocycles. The standard InChI is InChI=1S/C30H30O8.C20H18O7/c1-11(2)19-15-7-13(5)21(27(35)23(15)17(9-31)25(33)29(19)37)22-14(6)8-16-20(12(3)4)30(38)26(34)18(10-32)24(16)28(22)36;1-3-15-17(25-9-23-15)5-11(1)19-13-7-22-20(14(13)8-21-19)27-12-2-4-16-18(6-12)26-10-24-16/h7-12,33-38H,1-6H3;1-6,13-14,19-20H,7-10H2/t;13-,14-,19+,20+/m.0/s1. The number of hydrogen-bond donors (Lipinski definition) is 6. The zero-order valence-corrected chi connectivity index (χ0v) is 36.4. The van der Waals surface area contributed by atoms with Gasteiger partial charge in [0.1, 0.15) is 17.2 Å². The molecule has 2 fully saturated rings. The largest absolute Gasteiger partial charge is 0.507 e. The fourth-order valence-corrected chi connectivity index (χ4v) is 9.75. The lowest BCUT2D eigenvalue weighted by Gasteiger charge is -2.23. The minimum absolute atomic E-state index is 0.00512. The summed E-state index contributed by atoms with van der Waals surface area (Å²) in [5.41, 5.74) is 2.41. The Morgan fingerprint density at radius 1 is 0.569 bits per heavy atom. The lowest BCUT2D eigenvalue weighted by Crippen LogP contribution is -2.26. The minimum atomic E-state index is -0.661. The second-order valence-corrected chi connectivity index (χ2v) is 17.3. The van der Waals surface area contributed by atoms with Crippen LogP contribution in [0.5, 0.6) is 63.2 Å². The molecule has 0 aromatic heterocycles. The molecule has 15 nitrogen and oxygen atoms in total. The molecule has 4 aliphatic heterocycles. The molecule has 338 valence electrons. The van der Waals surface area contributed by atoms with E-state index in [-0.39, 0.29) is 82.7 Å². The third-order valence-corrected chi connectivity index (χ3v) is 12.8.